The number of aliphatic hydroxyl groups is 1. The number of carbonyl (C=O) groups excluding carboxylic acids is 4. The van der Waals surface area contributed by atoms with Crippen LogP contribution in [0.15, 0.2) is 24.3 Å². The van der Waals surface area contributed by atoms with E-state index in [-0.39, 0.29) is 25.7 Å². The van der Waals surface area contributed by atoms with Gasteiger partial charge in [-0.1, -0.05) is 412 Å². The average Bonchev–Trinajstić information content (AvgIpc) is 0.937. The molecule has 0 fully saturated rings. The van der Waals surface area contributed by atoms with Gasteiger partial charge < -0.3 is 33.8 Å². The first-order chi connectivity index (χ1) is 52.7. The van der Waals surface area contributed by atoms with E-state index in [4.69, 9.17) is 37.0 Å². The van der Waals surface area contributed by atoms with Gasteiger partial charge in [-0.15, -0.1) is 0 Å². The highest BCUT2D eigenvalue weighted by Crippen LogP contribution is 2.45. The minimum atomic E-state index is -4.97. The van der Waals surface area contributed by atoms with Crippen LogP contribution in [0, 0.1) is 0 Å². The van der Waals surface area contributed by atoms with Crippen LogP contribution in [0.4, 0.5) is 0 Å². The number of phosphoric ester groups is 2. The van der Waals surface area contributed by atoms with E-state index in [0.29, 0.717) is 25.7 Å². The summed E-state index contributed by atoms with van der Waals surface area (Å²) in [6.07, 6.45) is 81.4. The van der Waals surface area contributed by atoms with E-state index in [1.54, 1.807) is 0 Å². The van der Waals surface area contributed by atoms with Crippen LogP contribution in [0.25, 0.3) is 0 Å². The summed E-state index contributed by atoms with van der Waals surface area (Å²) in [5.74, 6) is -2.13. The predicted octanol–water partition coefficient (Wildman–Crippen LogP) is 27.2. The van der Waals surface area contributed by atoms with Crippen molar-refractivity contribution < 1.29 is 80.2 Å². The van der Waals surface area contributed by atoms with E-state index in [9.17, 15) is 43.2 Å². The fourth-order valence-corrected chi connectivity index (χ4v) is 15.1. The van der Waals surface area contributed by atoms with Crippen molar-refractivity contribution in [1.29, 1.82) is 0 Å². The molecule has 0 amide bonds. The highest BCUT2D eigenvalue weighted by molar-refractivity contribution is 7.47. The number of esters is 4. The summed E-state index contributed by atoms with van der Waals surface area (Å²) in [7, 11) is -9.94. The summed E-state index contributed by atoms with van der Waals surface area (Å²) in [4.78, 5) is 73.3. The predicted molar refractivity (Wildman–Crippen MR) is 446 cm³/mol. The standard InChI is InChI=1S/C89H170O17P2/c1-5-9-13-17-21-25-29-33-36-38-40-42-44-46-49-52-56-60-64-68-72-76-89(94)106-85(80-100-87(92)74-70-66-62-58-54-50-48-45-43-41-39-37-34-30-26-22-18-14-10-6-2)82-104-108(97,98)102-78-83(90)77-101-107(95,96)103-81-84(79-99-86(91)73-69-65-61-57-53-32-28-24-20-16-12-8-4)105-88(93)75-71-67-63-59-55-51-47-35-31-27-23-19-15-11-7-3/h27,31,35,47,83-85,90H,5-26,28-30,32-34,36-46,48-82H2,1-4H3,(H,95,96)(H,97,98)/b31-27-,47-35-/t83-,84+,85+/m0/s1. The highest BCUT2D eigenvalue weighted by atomic mass is 31.2. The minimum absolute atomic E-state index is 0.0861. The lowest BCUT2D eigenvalue weighted by molar-refractivity contribution is -0.161. The fraction of sp³-hybridized carbons (Fsp3) is 0.910. The molecule has 0 aliphatic rings. The largest absolute Gasteiger partial charge is 0.472 e. The lowest BCUT2D eigenvalue weighted by Crippen LogP contribution is -2.30. The molecule has 5 atom stereocenters. The van der Waals surface area contributed by atoms with Gasteiger partial charge in [0.15, 0.2) is 12.2 Å². The molecule has 0 rings (SSSR count). The van der Waals surface area contributed by atoms with Crippen LogP contribution < -0.4 is 0 Å². The summed E-state index contributed by atoms with van der Waals surface area (Å²) in [6.45, 7) is 5.00. The van der Waals surface area contributed by atoms with Gasteiger partial charge in [0.2, 0.25) is 0 Å². The molecule has 638 valence electrons. The average molecular weight is 1570 g/mol. The number of allylic oxidation sites excluding steroid dienone is 4. The van der Waals surface area contributed by atoms with Crippen molar-refractivity contribution >= 4 is 39.5 Å². The van der Waals surface area contributed by atoms with Crippen LogP contribution in [-0.4, -0.2) is 96.7 Å². The maximum absolute atomic E-state index is 13.2. The topological polar surface area (TPSA) is 237 Å². The van der Waals surface area contributed by atoms with Crippen LogP contribution in [-0.2, 0) is 65.4 Å². The van der Waals surface area contributed by atoms with E-state index >= 15 is 0 Å². The number of phosphoric acid groups is 2. The number of aliphatic hydroxyl groups excluding tert-OH is 1. The zero-order valence-electron chi connectivity index (χ0n) is 70.3. The Morgan fingerprint density at radius 1 is 0.259 bits per heavy atom. The molecule has 0 spiro atoms. The number of hydrogen-bond donors (Lipinski definition) is 3. The van der Waals surface area contributed by atoms with Crippen LogP contribution in [0.2, 0.25) is 0 Å². The Kier molecular flexibility index (Phi) is 80.6. The first-order valence-electron chi connectivity index (χ1n) is 45.6. The summed E-state index contributed by atoms with van der Waals surface area (Å²) >= 11 is 0. The van der Waals surface area contributed by atoms with Crippen molar-refractivity contribution in [2.24, 2.45) is 0 Å². The third-order valence-electron chi connectivity index (χ3n) is 20.5. The molecule has 3 N–H and O–H groups in total. The molecule has 0 aliphatic carbocycles. The highest BCUT2D eigenvalue weighted by Gasteiger charge is 2.30. The molecule has 17 nitrogen and oxygen atoms in total. The molecule has 0 bridgehead atoms. The Balaban J connectivity index is 5.26. The molecule has 0 aliphatic heterocycles. The van der Waals surface area contributed by atoms with Gasteiger partial charge in [-0.25, -0.2) is 9.13 Å². The molecular formula is C89H170O17P2. The summed E-state index contributed by atoms with van der Waals surface area (Å²) < 4.78 is 68.9. The number of hydrogen-bond acceptors (Lipinski definition) is 15. The number of unbranched alkanes of at least 4 members (excludes halogenated alkanes) is 59. The summed E-state index contributed by atoms with van der Waals surface area (Å²) in [5, 5.41) is 10.7. The molecule has 0 heterocycles. The zero-order valence-corrected chi connectivity index (χ0v) is 72.1. The Morgan fingerprint density at radius 2 is 0.444 bits per heavy atom. The summed E-state index contributed by atoms with van der Waals surface area (Å²) in [5.41, 5.74) is 0. The molecule has 0 aromatic heterocycles. The monoisotopic (exact) mass is 1570 g/mol. The van der Waals surface area contributed by atoms with Gasteiger partial charge in [-0.3, -0.25) is 37.3 Å². The Labute approximate surface area is 663 Å². The van der Waals surface area contributed by atoms with Crippen molar-refractivity contribution in [3.05, 3.63) is 24.3 Å². The number of rotatable bonds is 88. The molecule has 0 saturated heterocycles. The van der Waals surface area contributed by atoms with Gasteiger partial charge in [-0.2, -0.15) is 0 Å². The van der Waals surface area contributed by atoms with E-state index in [0.717, 1.165) is 103 Å². The van der Waals surface area contributed by atoms with Gasteiger partial charge in [0.1, 0.15) is 19.3 Å². The Bertz CT molecular complexity index is 2130. The van der Waals surface area contributed by atoms with Crippen LogP contribution in [0.3, 0.4) is 0 Å². The first kappa shape index (κ1) is 106. The van der Waals surface area contributed by atoms with Crippen LogP contribution >= 0.6 is 15.6 Å². The summed E-state index contributed by atoms with van der Waals surface area (Å²) in [6, 6.07) is 0. The minimum Gasteiger partial charge on any atom is -0.462 e. The van der Waals surface area contributed by atoms with Crippen molar-refractivity contribution in [2.45, 2.75) is 483 Å². The third kappa shape index (κ3) is 81.6. The van der Waals surface area contributed by atoms with E-state index in [2.05, 4.69) is 52.0 Å². The lowest BCUT2D eigenvalue weighted by atomic mass is 10.0. The number of ether oxygens (including phenoxy) is 4. The molecule has 108 heavy (non-hydrogen) atoms. The second-order valence-electron chi connectivity index (χ2n) is 31.3. The second kappa shape index (κ2) is 82.5. The van der Waals surface area contributed by atoms with Gasteiger partial charge in [0.25, 0.3) is 0 Å². The normalized spacial score (nSPS) is 13.8. The van der Waals surface area contributed by atoms with Gasteiger partial charge in [-0.05, 0) is 51.4 Å². The maximum atomic E-state index is 13.2. The van der Waals surface area contributed by atoms with Gasteiger partial charge in [0.05, 0.1) is 26.4 Å². The molecule has 0 saturated carbocycles. The molecular weight excluding hydrogens is 1400 g/mol. The Morgan fingerprint density at radius 3 is 0.676 bits per heavy atom. The van der Waals surface area contributed by atoms with E-state index in [1.165, 1.54) is 283 Å². The Hall–Kier alpha value is -2.46. The fourth-order valence-electron chi connectivity index (χ4n) is 13.5. The zero-order chi connectivity index (χ0) is 78.9. The molecule has 0 aromatic rings. The van der Waals surface area contributed by atoms with Gasteiger partial charge in [0, 0.05) is 25.7 Å². The molecule has 0 radical (unpaired) electrons. The smallest absolute Gasteiger partial charge is 0.462 e. The van der Waals surface area contributed by atoms with E-state index < -0.39 is 97.5 Å². The maximum Gasteiger partial charge on any atom is 0.472 e. The van der Waals surface area contributed by atoms with Crippen molar-refractivity contribution in [1.82, 2.24) is 0 Å². The quantitative estimate of drug-likeness (QED) is 0.0169. The van der Waals surface area contributed by atoms with Crippen molar-refractivity contribution in [3.8, 4) is 0 Å². The molecule has 19 heteroatoms. The lowest BCUT2D eigenvalue weighted by Gasteiger charge is -2.21. The van der Waals surface area contributed by atoms with Crippen molar-refractivity contribution in [2.75, 3.05) is 39.6 Å². The molecule has 2 unspecified atom stereocenters. The van der Waals surface area contributed by atoms with Crippen LogP contribution in [0.5, 0.6) is 0 Å². The number of carbonyl (C=O) groups is 4. The SMILES string of the molecule is CCCCCC/C=C\C=C/CCCCCCCC(=O)O[C@H](COC(=O)CCCCCCCCCCCCCC)COP(=O)(O)OC[C@H](O)COP(=O)(O)OC[C@@H](COC(=O)CCCCCCCCCCCCCCCCCCCCCC)OC(=O)CCCCCCCCCCCCCCCCCCCCCCC. The van der Waals surface area contributed by atoms with E-state index in [1.807, 2.05) is 0 Å². The van der Waals surface area contributed by atoms with Gasteiger partial charge >= 0.3 is 39.5 Å². The molecule has 0 aromatic carbocycles. The first-order valence-corrected chi connectivity index (χ1v) is 48.6. The van der Waals surface area contributed by atoms with Crippen LogP contribution in [0.1, 0.15) is 464 Å². The third-order valence-corrected chi connectivity index (χ3v) is 22.4. The second-order valence-corrected chi connectivity index (χ2v) is 34.2. The van der Waals surface area contributed by atoms with Crippen molar-refractivity contribution in [3.63, 3.8) is 0 Å².